The number of nitrogens with one attached hydrogen (secondary N) is 1. The average molecular weight is 572 g/mol. The zero-order valence-corrected chi connectivity index (χ0v) is 24.8. The molecule has 0 bridgehead atoms. The number of carbonyl (C=O) groups excluding carboxylic acids is 3. The molecule has 2 N–H and O–H groups in total. The van der Waals surface area contributed by atoms with Crippen molar-refractivity contribution in [1.29, 1.82) is 0 Å². The van der Waals surface area contributed by atoms with E-state index < -0.39 is 11.6 Å². The van der Waals surface area contributed by atoms with Crippen molar-refractivity contribution in [2.45, 2.75) is 84.1 Å². The van der Waals surface area contributed by atoms with Gasteiger partial charge < -0.3 is 29.6 Å². The van der Waals surface area contributed by atoms with E-state index in [0.717, 1.165) is 29.1 Å². The van der Waals surface area contributed by atoms with Crippen molar-refractivity contribution in [2.75, 3.05) is 20.1 Å². The largest absolute Gasteiger partial charge is 0.488 e. The van der Waals surface area contributed by atoms with Crippen LogP contribution in [0.25, 0.3) is 0 Å². The van der Waals surface area contributed by atoms with Gasteiger partial charge in [0.1, 0.15) is 24.5 Å². The number of nitrogens with zero attached hydrogens (tertiary/aromatic N) is 2. The molecule has 2 aromatic carbocycles. The lowest BCUT2D eigenvalue weighted by Crippen LogP contribution is -2.57. The number of aryl methyl sites for hydroxylation is 1. The number of rotatable bonds is 13. The maximum atomic E-state index is 15.2. The Kier molecular flexibility index (Phi) is 10.3. The highest BCUT2D eigenvalue weighted by atomic mass is 19.1. The minimum Gasteiger partial charge on any atom is -0.488 e. The maximum Gasteiger partial charge on any atom is 0.273 e. The standard InChI is InChI=1S/C31H42FN3O6/c1-22-9-7-10-27(25(22)17-35(21-37)31(39,13-8-14-36)28(38)33-6)40-18-24-12-11-23(15-26(24)32)16-34-19-29(2,3)41-30(4,5)20-34/h7,9-12,14-15,21,39H,8,13,16-20H2,1-6H3,(H,33,38). The predicted molar refractivity (Wildman–Crippen MR) is 152 cm³/mol. The zero-order valence-electron chi connectivity index (χ0n) is 24.8. The fourth-order valence-corrected chi connectivity index (χ4v) is 5.56. The van der Waals surface area contributed by atoms with Gasteiger partial charge in [0.15, 0.2) is 0 Å². The number of hydrogen-bond acceptors (Lipinski definition) is 7. The van der Waals surface area contributed by atoms with Crippen LogP contribution in [0.15, 0.2) is 36.4 Å². The van der Waals surface area contributed by atoms with Gasteiger partial charge in [0, 0.05) is 50.7 Å². The Morgan fingerprint density at radius 3 is 2.46 bits per heavy atom. The molecule has 0 radical (unpaired) electrons. The third kappa shape index (κ3) is 8.12. The normalized spacial score (nSPS) is 17.8. The van der Waals surface area contributed by atoms with Crippen LogP contribution in [-0.2, 0) is 38.8 Å². The van der Waals surface area contributed by atoms with E-state index in [2.05, 4.69) is 37.9 Å². The SMILES string of the molecule is CNC(=O)C(O)(CCC=O)N(C=O)Cc1c(C)cccc1OCc1ccc(CN2CC(C)(C)OC(C)(C)C2)cc1F. The Balaban J connectivity index is 1.76. The first-order valence-corrected chi connectivity index (χ1v) is 13.7. The Bertz CT molecular complexity index is 1230. The van der Waals surface area contributed by atoms with Gasteiger partial charge in [-0.15, -0.1) is 0 Å². The molecule has 41 heavy (non-hydrogen) atoms. The van der Waals surface area contributed by atoms with Crippen LogP contribution < -0.4 is 10.1 Å². The van der Waals surface area contributed by atoms with Crippen LogP contribution in [0.2, 0.25) is 0 Å². The number of morpholine rings is 1. The third-order valence-electron chi connectivity index (χ3n) is 7.17. The molecule has 1 saturated heterocycles. The first-order chi connectivity index (χ1) is 19.2. The van der Waals surface area contributed by atoms with E-state index in [-0.39, 0.29) is 43.0 Å². The Labute approximate surface area is 241 Å². The molecule has 1 heterocycles. The van der Waals surface area contributed by atoms with Gasteiger partial charge in [-0.2, -0.15) is 0 Å². The first-order valence-electron chi connectivity index (χ1n) is 13.7. The van der Waals surface area contributed by atoms with Crippen LogP contribution in [0.1, 0.15) is 62.8 Å². The molecule has 224 valence electrons. The molecule has 0 saturated carbocycles. The van der Waals surface area contributed by atoms with Crippen molar-refractivity contribution < 1.29 is 33.4 Å². The van der Waals surface area contributed by atoms with E-state index in [1.165, 1.54) is 13.1 Å². The molecule has 0 aromatic heterocycles. The minimum atomic E-state index is -2.23. The van der Waals surface area contributed by atoms with Crippen molar-refractivity contribution in [3.63, 3.8) is 0 Å². The van der Waals surface area contributed by atoms with Gasteiger partial charge in [0.05, 0.1) is 17.7 Å². The molecule has 1 aliphatic rings. The van der Waals surface area contributed by atoms with Gasteiger partial charge in [-0.1, -0.05) is 24.3 Å². The van der Waals surface area contributed by atoms with Gasteiger partial charge in [-0.25, -0.2) is 4.39 Å². The topological polar surface area (TPSA) is 108 Å². The first kappa shape index (κ1) is 32.2. The molecular formula is C31H42FN3O6. The van der Waals surface area contributed by atoms with Gasteiger partial charge in [-0.3, -0.25) is 14.5 Å². The molecule has 1 fully saturated rings. The summed E-state index contributed by atoms with van der Waals surface area (Å²) in [6.07, 6.45) is 0.544. The number of aliphatic hydroxyl groups is 1. The number of halogens is 1. The molecule has 1 atom stereocenters. The van der Waals surface area contributed by atoms with Crippen molar-refractivity contribution in [1.82, 2.24) is 15.1 Å². The third-order valence-corrected chi connectivity index (χ3v) is 7.17. The van der Waals surface area contributed by atoms with Gasteiger partial charge in [-0.05, 0) is 57.9 Å². The summed E-state index contributed by atoms with van der Waals surface area (Å²) in [5, 5.41) is 13.4. The average Bonchev–Trinajstić information content (AvgIpc) is 2.88. The molecule has 10 heteroatoms. The second kappa shape index (κ2) is 13.1. The number of benzene rings is 2. The highest BCUT2D eigenvalue weighted by molar-refractivity contribution is 5.86. The monoisotopic (exact) mass is 571 g/mol. The number of amides is 2. The molecular weight excluding hydrogens is 529 g/mol. The summed E-state index contributed by atoms with van der Waals surface area (Å²) in [5.41, 5.74) is -0.333. The number of hydrogen-bond donors (Lipinski definition) is 2. The van der Waals surface area contributed by atoms with Crippen LogP contribution in [0.5, 0.6) is 5.75 Å². The van der Waals surface area contributed by atoms with Crippen molar-refractivity contribution >= 4 is 18.6 Å². The molecule has 1 unspecified atom stereocenters. The number of ether oxygens (including phenoxy) is 2. The fourth-order valence-electron chi connectivity index (χ4n) is 5.56. The van der Waals surface area contributed by atoms with Crippen LogP contribution in [0.3, 0.4) is 0 Å². The molecule has 9 nitrogen and oxygen atoms in total. The number of likely N-dealkylation sites (N-methyl/N-ethyl adjacent to an activating group) is 1. The molecule has 0 aliphatic carbocycles. The van der Waals surface area contributed by atoms with Crippen molar-refractivity contribution in [2.24, 2.45) is 0 Å². The van der Waals surface area contributed by atoms with Gasteiger partial charge >= 0.3 is 0 Å². The second-order valence-corrected chi connectivity index (χ2v) is 11.9. The lowest BCUT2D eigenvalue weighted by Gasteiger charge is -2.47. The number of aldehydes is 1. The van der Waals surface area contributed by atoms with E-state index in [4.69, 9.17) is 9.47 Å². The van der Waals surface area contributed by atoms with E-state index in [1.54, 1.807) is 31.2 Å². The lowest BCUT2D eigenvalue weighted by molar-refractivity contribution is -0.182. The van der Waals surface area contributed by atoms with E-state index in [9.17, 15) is 19.5 Å². The van der Waals surface area contributed by atoms with E-state index >= 15 is 4.39 Å². The Morgan fingerprint density at radius 1 is 1.20 bits per heavy atom. The molecule has 1 aliphatic heterocycles. The predicted octanol–water partition coefficient (Wildman–Crippen LogP) is 3.47. The summed E-state index contributed by atoms with van der Waals surface area (Å²) in [4.78, 5) is 38.7. The smallest absolute Gasteiger partial charge is 0.273 e. The zero-order chi connectivity index (χ0) is 30.4. The summed E-state index contributed by atoms with van der Waals surface area (Å²) in [6, 6.07) is 10.4. The van der Waals surface area contributed by atoms with Crippen LogP contribution >= 0.6 is 0 Å². The fraction of sp³-hybridized carbons (Fsp3) is 0.516. The Morgan fingerprint density at radius 2 is 1.88 bits per heavy atom. The lowest BCUT2D eigenvalue weighted by atomic mass is 9.98. The number of carbonyl (C=O) groups is 3. The van der Waals surface area contributed by atoms with Gasteiger partial charge in [0.25, 0.3) is 5.91 Å². The summed E-state index contributed by atoms with van der Waals surface area (Å²) >= 11 is 0. The van der Waals surface area contributed by atoms with Crippen molar-refractivity contribution in [3.05, 3.63) is 64.5 Å². The molecule has 0 spiro atoms. The summed E-state index contributed by atoms with van der Waals surface area (Å²) in [6.45, 7) is 11.9. The summed E-state index contributed by atoms with van der Waals surface area (Å²) in [7, 11) is 1.34. The molecule has 3 rings (SSSR count). The Hall–Kier alpha value is -3.34. The minimum absolute atomic E-state index is 0.0634. The van der Waals surface area contributed by atoms with Crippen LogP contribution in [0.4, 0.5) is 4.39 Å². The van der Waals surface area contributed by atoms with E-state index in [0.29, 0.717) is 36.1 Å². The van der Waals surface area contributed by atoms with E-state index in [1.807, 2.05) is 6.07 Å². The molecule has 2 aromatic rings. The second-order valence-electron chi connectivity index (χ2n) is 11.9. The van der Waals surface area contributed by atoms with Crippen LogP contribution in [-0.4, -0.2) is 70.6 Å². The quantitative estimate of drug-likeness (QED) is 0.280. The van der Waals surface area contributed by atoms with Crippen LogP contribution in [0, 0.1) is 12.7 Å². The summed E-state index contributed by atoms with van der Waals surface area (Å²) < 4.78 is 27.3. The van der Waals surface area contributed by atoms with Crippen molar-refractivity contribution in [3.8, 4) is 5.75 Å². The highest BCUT2D eigenvalue weighted by Gasteiger charge is 2.41. The molecule has 2 amide bonds. The maximum absolute atomic E-state index is 15.2. The van der Waals surface area contributed by atoms with Gasteiger partial charge in [0.2, 0.25) is 12.1 Å². The summed E-state index contributed by atoms with van der Waals surface area (Å²) in [5.74, 6) is -0.817. The highest BCUT2D eigenvalue weighted by Crippen LogP contribution is 2.30.